The first-order valence-corrected chi connectivity index (χ1v) is 10.7. The predicted octanol–water partition coefficient (Wildman–Crippen LogP) is 3.33. The number of sulfonamides is 1. The lowest BCUT2D eigenvalue weighted by Gasteiger charge is -2.29. The number of pyridine rings is 1. The largest absolute Gasteiger partial charge is 0.271 e. The molecule has 0 aromatic carbocycles. The number of hydrogen-bond donors (Lipinski definition) is 1. The van der Waals surface area contributed by atoms with Crippen molar-refractivity contribution in [1.29, 1.82) is 0 Å². The van der Waals surface area contributed by atoms with Crippen molar-refractivity contribution in [2.75, 3.05) is 0 Å². The molecule has 0 saturated heterocycles. The maximum absolute atomic E-state index is 12.7. The van der Waals surface area contributed by atoms with Crippen molar-refractivity contribution < 1.29 is 8.42 Å². The molecule has 2 aromatic rings. The molecule has 0 atom stereocenters. The molecule has 1 N–H and O–H groups in total. The Bertz CT molecular complexity index is 817. The zero-order valence-electron chi connectivity index (χ0n) is 15.7. The van der Waals surface area contributed by atoms with E-state index in [9.17, 15) is 8.42 Å². The summed E-state index contributed by atoms with van der Waals surface area (Å²) >= 11 is 0. The van der Waals surface area contributed by atoms with Crippen LogP contribution in [0.15, 0.2) is 41.8 Å². The second-order valence-corrected chi connectivity index (χ2v) is 10.1. The predicted molar refractivity (Wildman–Crippen MR) is 101 cm³/mol. The minimum atomic E-state index is -3.52. The van der Waals surface area contributed by atoms with Gasteiger partial charge in [-0.05, 0) is 54.7 Å². The van der Waals surface area contributed by atoms with Gasteiger partial charge in [0, 0.05) is 31.2 Å². The minimum Gasteiger partial charge on any atom is -0.271 e. The molecular formula is C19H28N4O2S. The fraction of sp³-hybridized carbons (Fsp3) is 0.579. The summed E-state index contributed by atoms with van der Waals surface area (Å²) < 4.78 is 29.9. The molecule has 2 aromatic heterocycles. The van der Waals surface area contributed by atoms with E-state index in [1.54, 1.807) is 10.9 Å². The molecule has 0 unspecified atom stereocenters. The van der Waals surface area contributed by atoms with Gasteiger partial charge in [0.25, 0.3) is 0 Å². The molecule has 1 saturated carbocycles. The normalized spacial score (nSPS) is 21.7. The summed E-state index contributed by atoms with van der Waals surface area (Å²) in [5, 5.41) is 4.20. The van der Waals surface area contributed by atoms with Crippen LogP contribution in [-0.2, 0) is 16.6 Å². The van der Waals surface area contributed by atoms with Gasteiger partial charge in [-0.2, -0.15) is 5.10 Å². The highest BCUT2D eigenvalue weighted by molar-refractivity contribution is 7.89. The van der Waals surface area contributed by atoms with Gasteiger partial charge in [-0.3, -0.25) is 9.67 Å². The maximum atomic E-state index is 12.7. The number of hydrogen-bond acceptors (Lipinski definition) is 4. The highest BCUT2D eigenvalue weighted by atomic mass is 32.2. The Morgan fingerprint density at radius 1 is 1.15 bits per heavy atom. The molecule has 0 aliphatic heterocycles. The minimum absolute atomic E-state index is 0.0101. The molecule has 142 valence electrons. The lowest BCUT2D eigenvalue weighted by molar-refractivity contribution is 0.325. The van der Waals surface area contributed by atoms with Gasteiger partial charge in [-0.1, -0.05) is 20.8 Å². The van der Waals surface area contributed by atoms with E-state index in [1.807, 2.05) is 12.4 Å². The summed E-state index contributed by atoms with van der Waals surface area (Å²) in [5.74, 6) is 0.494. The SMILES string of the molecule is CC(C)(C)Cn1cc(S(=O)(=O)NC2CCC(c3ccncc3)CC2)cn1. The Morgan fingerprint density at radius 3 is 2.42 bits per heavy atom. The molecule has 1 fully saturated rings. The van der Waals surface area contributed by atoms with E-state index in [0.29, 0.717) is 12.5 Å². The number of rotatable bonds is 5. The monoisotopic (exact) mass is 376 g/mol. The zero-order chi connectivity index (χ0) is 18.8. The van der Waals surface area contributed by atoms with Crippen LogP contribution in [0.1, 0.15) is 57.9 Å². The van der Waals surface area contributed by atoms with Crippen LogP contribution in [0.4, 0.5) is 0 Å². The molecule has 0 bridgehead atoms. The Labute approximate surface area is 156 Å². The van der Waals surface area contributed by atoms with Gasteiger partial charge < -0.3 is 0 Å². The van der Waals surface area contributed by atoms with Crippen LogP contribution < -0.4 is 4.72 Å². The molecule has 0 radical (unpaired) electrons. The summed E-state index contributed by atoms with van der Waals surface area (Å²) in [6, 6.07) is 4.10. The van der Waals surface area contributed by atoms with Crippen LogP contribution in [0, 0.1) is 5.41 Å². The molecule has 1 aliphatic rings. The first-order chi connectivity index (χ1) is 12.2. The van der Waals surface area contributed by atoms with Gasteiger partial charge in [-0.25, -0.2) is 13.1 Å². The molecule has 7 heteroatoms. The van der Waals surface area contributed by atoms with Crippen molar-refractivity contribution >= 4 is 10.0 Å². The van der Waals surface area contributed by atoms with E-state index in [1.165, 1.54) is 11.8 Å². The third kappa shape index (κ3) is 4.92. The lowest BCUT2D eigenvalue weighted by Crippen LogP contribution is -2.37. The fourth-order valence-corrected chi connectivity index (χ4v) is 4.78. The zero-order valence-corrected chi connectivity index (χ0v) is 16.5. The second-order valence-electron chi connectivity index (χ2n) is 8.38. The molecule has 6 nitrogen and oxygen atoms in total. The van der Waals surface area contributed by atoms with Crippen LogP contribution in [0.3, 0.4) is 0 Å². The molecule has 3 rings (SSSR count). The highest BCUT2D eigenvalue weighted by Crippen LogP contribution is 2.33. The number of nitrogens with zero attached hydrogens (tertiary/aromatic N) is 3. The third-order valence-corrected chi connectivity index (χ3v) is 6.26. The second kappa shape index (κ2) is 7.48. The Morgan fingerprint density at radius 2 is 1.81 bits per heavy atom. The smallest absolute Gasteiger partial charge is 0.243 e. The standard InChI is InChI=1S/C19H28N4O2S/c1-19(2,3)14-23-13-18(12-21-23)26(24,25)22-17-6-4-15(5-7-17)16-8-10-20-11-9-16/h8-13,15,17,22H,4-7,14H2,1-3H3. The van der Waals surface area contributed by atoms with Crippen molar-refractivity contribution in [3.63, 3.8) is 0 Å². The van der Waals surface area contributed by atoms with Crippen molar-refractivity contribution in [1.82, 2.24) is 19.5 Å². The van der Waals surface area contributed by atoms with Gasteiger partial charge in [0.15, 0.2) is 0 Å². The van der Waals surface area contributed by atoms with E-state index in [2.05, 4.69) is 47.7 Å². The van der Waals surface area contributed by atoms with Gasteiger partial charge in [0.05, 0.1) is 6.20 Å². The van der Waals surface area contributed by atoms with E-state index in [-0.39, 0.29) is 16.4 Å². The Balaban J connectivity index is 1.59. The molecule has 1 aliphatic carbocycles. The van der Waals surface area contributed by atoms with E-state index < -0.39 is 10.0 Å². The van der Waals surface area contributed by atoms with Crippen LogP contribution >= 0.6 is 0 Å². The third-order valence-electron chi connectivity index (χ3n) is 4.78. The van der Waals surface area contributed by atoms with Crippen LogP contribution in [0.2, 0.25) is 0 Å². The first kappa shape index (κ1) is 19.0. The summed E-state index contributed by atoms with van der Waals surface area (Å²) in [6.45, 7) is 6.98. The number of aromatic nitrogens is 3. The molecule has 0 amide bonds. The van der Waals surface area contributed by atoms with Crippen molar-refractivity contribution in [3.8, 4) is 0 Å². The van der Waals surface area contributed by atoms with E-state index in [4.69, 9.17) is 0 Å². The molecular weight excluding hydrogens is 348 g/mol. The van der Waals surface area contributed by atoms with Gasteiger partial charge in [-0.15, -0.1) is 0 Å². The van der Waals surface area contributed by atoms with Gasteiger partial charge >= 0.3 is 0 Å². The average Bonchev–Trinajstić information content (AvgIpc) is 3.03. The summed E-state index contributed by atoms with van der Waals surface area (Å²) in [7, 11) is -3.52. The average molecular weight is 377 g/mol. The maximum Gasteiger partial charge on any atom is 0.243 e. The van der Waals surface area contributed by atoms with Gasteiger partial charge in [0.2, 0.25) is 10.0 Å². The molecule has 2 heterocycles. The highest BCUT2D eigenvalue weighted by Gasteiger charge is 2.27. The first-order valence-electron chi connectivity index (χ1n) is 9.18. The summed E-state index contributed by atoms with van der Waals surface area (Å²) in [4.78, 5) is 4.31. The molecule has 0 spiro atoms. The van der Waals surface area contributed by atoms with Crippen molar-refractivity contribution in [3.05, 3.63) is 42.5 Å². The summed E-state index contributed by atoms with van der Waals surface area (Å²) in [5.41, 5.74) is 1.34. The number of nitrogens with one attached hydrogen (secondary N) is 1. The summed E-state index contributed by atoms with van der Waals surface area (Å²) in [6.07, 6.45) is 10.4. The van der Waals surface area contributed by atoms with Gasteiger partial charge in [0.1, 0.15) is 4.90 Å². The van der Waals surface area contributed by atoms with E-state index >= 15 is 0 Å². The topological polar surface area (TPSA) is 76.9 Å². The van der Waals surface area contributed by atoms with Crippen LogP contribution in [-0.4, -0.2) is 29.2 Å². The van der Waals surface area contributed by atoms with Crippen molar-refractivity contribution in [2.24, 2.45) is 5.41 Å². The fourth-order valence-electron chi connectivity index (χ4n) is 3.52. The van der Waals surface area contributed by atoms with E-state index in [0.717, 1.165) is 25.7 Å². The quantitative estimate of drug-likeness (QED) is 0.868. The Hall–Kier alpha value is -1.73. The van der Waals surface area contributed by atoms with Crippen molar-refractivity contribution in [2.45, 2.75) is 69.9 Å². The van der Waals surface area contributed by atoms with Crippen LogP contribution in [0.5, 0.6) is 0 Å². The Kier molecular flexibility index (Phi) is 5.48. The molecule has 26 heavy (non-hydrogen) atoms. The van der Waals surface area contributed by atoms with Crippen LogP contribution in [0.25, 0.3) is 0 Å². The lowest BCUT2D eigenvalue weighted by atomic mass is 9.82.